The molecule has 0 aromatic heterocycles. The highest BCUT2D eigenvalue weighted by molar-refractivity contribution is 5.92. The smallest absolute Gasteiger partial charge is 0.147 e. The van der Waals surface area contributed by atoms with Gasteiger partial charge in [-0.25, -0.2) is 0 Å². The van der Waals surface area contributed by atoms with Crippen LogP contribution >= 0.6 is 0 Å². The van der Waals surface area contributed by atoms with Gasteiger partial charge in [0.1, 0.15) is 5.78 Å². The van der Waals surface area contributed by atoms with E-state index in [9.17, 15) is 4.79 Å². The molecule has 0 spiro atoms. The molecule has 0 aromatic rings. The van der Waals surface area contributed by atoms with Gasteiger partial charge in [0.05, 0.1) is 5.92 Å². The zero-order valence-electron chi connectivity index (χ0n) is 13.2. The zero-order valence-corrected chi connectivity index (χ0v) is 13.2. The second-order valence-corrected chi connectivity index (χ2v) is 7.37. The van der Waals surface area contributed by atoms with E-state index in [0.29, 0.717) is 17.6 Å². The zero-order chi connectivity index (χ0) is 14.5. The highest BCUT2D eigenvalue weighted by Crippen LogP contribution is 2.52. The summed E-state index contributed by atoms with van der Waals surface area (Å²) in [5.74, 6) is 1.47. The lowest BCUT2D eigenvalue weighted by atomic mass is 9.65. The number of fused-ring (bicyclic) bond motifs is 2. The van der Waals surface area contributed by atoms with Crippen molar-refractivity contribution in [1.29, 1.82) is 0 Å². The normalized spacial score (nSPS) is 42.6. The van der Waals surface area contributed by atoms with Crippen molar-refractivity contribution in [2.24, 2.45) is 23.2 Å². The lowest BCUT2D eigenvalue weighted by Gasteiger charge is -2.37. The molecule has 1 unspecified atom stereocenters. The molecule has 1 nitrogen and oxygen atoms in total. The van der Waals surface area contributed by atoms with Gasteiger partial charge in [-0.1, -0.05) is 42.7 Å². The Kier molecular flexibility index (Phi) is 3.27. The van der Waals surface area contributed by atoms with Gasteiger partial charge in [0.15, 0.2) is 0 Å². The molecule has 1 saturated carbocycles. The van der Waals surface area contributed by atoms with Crippen molar-refractivity contribution >= 4 is 5.78 Å². The molecular formula is C19H26O. The molecule has 3 aliphatic carbocycles. The average Bonchev–Trinajstić information content (AvgIpc) is 2.98. The van der Waals surface area contributed by atoms with E-state index >= 15 is 0 Å². The van der Waals surface area contributed by atoms with Crippen LogP contribution < -0.4 is 0 Å². The maximum atomic E-state index is 13.3. The van der Waals surface area contributed by atoms with Crippen LogP contribution in [-0.2, 0) is 4.79 Å². The molecule has 1 fully saturated rings. The van der Waals surface area contributed by atoms with E-state index in [2.05, 4.69) is 45.9 Å². The van der Waals surface area contributed by atoms with Crippen LogP contribution in [0, 0.1) is 23.2 Å². The monoisotopic (exact) mass is 270 g/mol. The number of Topliss-reactive ketones (excluding diaryl/α,β-unsaturated/α-hetero) is 1. The third-order valence-corrected chi connectivity index (χ3v) is 6.00. The predicted molar refractivity (Wildman–Crippen MR) is 83.3 cm³/mol. The topological polar surface area (TPSA) is 17.1 Å². The molecule has 3 aliphatic rings. The van der Waals surface area contributed by atoms with Gasteiger partial charge < -0.3 is 0 Å². The summed E-state index contributed by atoms with van der Waals surface area (Å²) < 4.78 is 0. The fourth-order valence-electron chi connectivity index (χ4n) is 4.57. The SMILES string of the molecule is CC(C)=C1C=CC2/C(C)=C\C[C@@H]3CCC[C@]3(C)C(=O)[C@H]12. The Balaban J connectivity index is 2.11. The second-order valence-electron chi connectivity index (χ2n) is 7.37. The summed E-state index contributed by atoms with van der Waals surface area (Å²) in [5, 5.41) is 0. The third-order valence-electron chi connectivity index (χ3n) is 6.00. The first-order chi connectivity index (χ1) is 9.45. The molecular weight excluding hydrogens is 244 g/mol. The van der Waals surface area contributed by atoms with E-state index in [-0.39, 0.29) is 11.3 Å². The second kappa shape index (κ2) is 4.72. The molecule has 0 saturated heterocycles. The number of allylic oxidation sites excluding steroid dienone is 6. The lowest BCUT2D eigenvalue weighted by Crippen LogP contribution is -2.40. The van der Waals surface area contributed by atoms with Crippen LogP contribution in [0.2, 0.25) is 0 Å². The predicted octanol–water partition coefficient (Wildman–Crippen LogP) is 4.85. The molecule has 4 atom stereocenters. The molecule has 0 aliphatic heterocycles. The molecule has 20 heavy (non-hydrogen) atoms. The standard InChI is InChI=1S/C19H26O/c1-12(2)15-9-10-16-13(3)7-8-14-6-5-11-19(14,4)18(20)17(15)16/h7,9-10,14,16-17H,5-6,8,11H2,1-4H3/b13-7-/t14-,16?,17+,19-/m0/s1. The van der Waals surface area contributed by atoms with Gasteiger partial charge in [0.25, 0.3) is 0 Å². The molecule has 108 valence electrons. The van der Waals surface area contributed by atoms with Gasteiger partial charge in [0.2, 0.25) is 0 Å². The first-order valence-corrected chi connectivity index (χ1v) is 8.01. The number of carbonyl (C=O) groups excluding carboxylic acids is 1. The summed E-state index contributed by atoms with van der Waals surface area (Å²) in [5.41, 5.74) is 3.88. The highest BCUT2D eigenvalue weighted by atomic mass is 16.1. The average molecular weight is 270 g/mol. The number of ketones is 1. The molecule has 0 heterocycles. The van der Waals surface area contributed by atoms with E-state index in [1.165, 1.54) is 29.6 Å². The van der Waals surface area contributed by atoms with E-state index in [1.54, 1.807) is 0 Å². The van der Waals surface area contributed by atoms with Crippen LogP contribution in [0.25, 0.3) is 0 Å². The summed E-state index contributed by atoms with van der Waals surface area (Å²) >= 11 is 0. The first-order valence-electron chi connectivity index (χ1n) is 8.01. The molecule has 0 radical (unpaired) electrons. The molecule has 0 bridgehead atoms. The number of hydrogen-bond acceptors (Lipinski definition) is 1. The quantitative estimate of drug-likeness (QED) is 0.575. The summed E-state index contributed by atoms with van der Waals surface area (Å²) in [7, 11) is 0. The van der Waals surface area contributed by atoms with Crippen LogP contribution in [0.1, 0.15) is 53.4 Å². The van der Waals surface area contributed by atoms with Gasteiger partial charge in [-0.2, -0.15) is 0 Å². The minimum atomic E-state index is -0.0904. The summed E-state index contributed by atoms with van der Waals surface area (Å²) in [6.45, 7) is 8.73. The summed E-state index contributed by atoms with van der Waals surface area (Å²) in [6, 6.07) is 0. The summed E-state index contributed by atoms with van der Waals surface area (Å²) in [6.07, 6.45) is 11.5. The fraction of sp³-hybridized carbons (Fsp3) is 0.632. The number of hydrogen-bond donors (Lipinski definition) is 0. The molecule has 3 rings (SSSR count). The van der Waals surface area contributed by atoms with Crippen molar-refractivity contribution in [2.45, 2.75) is 53.4 Å². The van der Waals surface area contributed by atoms with Crippen molar-refractivity contribution in [2.75, 3.05) is 0 Å². The first kappa shape index (κ1) is 13.9. The Labute approximate surface area is 122 Å². The van der Waals surface area contributed by atoms with Crippen molar-refractivity contribution < 1.29 is 4.79 Å². The van der Waals surface area contributed by atoms with Gasteiger partial charge in [-0.3, -0.25) is 4.79 Å². The minimum Gasteiger partial charge on any atom is -0.298 e. The van der Waals surface area contributed by atoms with Crippen LogP contribution in [0.5, 0.6) is 0 Å². The van der Waals surface area contributed by atoms with E-state index < -0.39 is 0 Å². The Morgan fingerprint density at radius 2 is 2.10 bits per heavy atom. The number of rotatable bonds is 0. The van der Waals surface area contributed by atoms with Crippen LogP contribution in [-0.4, -0.2) is 5.78 Å². The van der Waals surface area contributed by atoms with Crippen molar-refractivity contribution in [3.63, 3.8) is 0 Å². The number of carbonyl (C=O) groups is 1. The Bertz CT molecular complexity index is 530. The van der Waals surface area contributed by atoms with Gasteiger partial charge >= 0.3 is 0 Å². The Morgan fingerprint density at radius 3 is 2.80 bits per heavy atom. The summed E-state index contributed by atoms with van der Waals surface area (Å²) in [4.78, 5) is 13.3. The van der Waals surface area contributed by atoms with Gasteiger partial charge in [-0.05, 0) is 51.5 Å². The molecule has 1 heteroatoms. The fourth-order valence-corrected chi connectivity index (χ4v) is 4.57. The van der Waals surface area contributed by atoms with Crippen LogP contribution in [0.3, 0.4) is 0 Å². The maximum absolute atomic E-state index is 13.3. The molecule has 0 N–H and O–H groups in total. The Morgan fingerprint density at radius 1 is 1.35 bits per heavy atom. The van der Waals surface area contributed by atoms with E-state index in [0.717, 1.165) is 12.8 Å². The third kappa shape index (κ3) is 1.86. The van der Waals surface area contributed by atoms with Crippen molar-refractivity contribution in [1.82, 2.24) is 0 Å². The molecule has 0 aromatic carbocycles. The van der Waals surface area contributed by atoms with Gasteiger partial charge in [0, 0.05) is 11.3 Å². The van der Waals surface area contributed by atoms with Crippen LogP contribution in [0.15, 0.2) is 34.9 Å². The minimum absolute atomic E-state index is 0.0853. The van der Waals surface area contributed by atoms with Crippen molar-refractivity contribution in [3.05, 3.63) is 34.9 Å². The van der Waals surface area contributed by atoms with E-state index in [1.807, 2.05) is 0 Å². The van der Waals surface area contributed by atoms with Crippen molar-refractivity contribution in [3.8, 4) is 0 Å². The molecule has 0 amide bonds. The Hall–Kier alpha value is -1.11. The lowest BCUT2D eigenvalue weighted by molar-refractivity contribution is -0.133. The largest absolute Gasteiger partial charge is 0.298 e. The maximum Gasteiger partial charge on any atom is 0.147 e. The van der Waals surface area contributed by atoms with Crippen LogP contribution in [0.4, 0.5) is 0 Å². The van der Waals surface area contributed by atoms with E-state index in [4.69, 9.17) is 0 Å². The van der Waals surface area contributed by atoms with Gasteiger partial charge in [-0.15, -0.1) is 0 Å². The highest BCUT2D eigenvalue weighted by Gasteiger charge is 2.50.